The van der Waals surface area contributed by atoms with Crippen LogP contribution in [0.1, 0.15) is 121 Å². The van der Waals surface area contributed by atoms with E-state index in [1.807, 2.05) is 30.8 Å². The fourth-order valence-electron chi connectivity index (χ4n) is 6.06. The van der Waals surface area contributed by atoms with Crippen LogP contribution in [0.15, 0.2) is 47.4 Å². The number of thioether (sulfide) groups is 1. The van der Waals surface area contributed by atoms with Crippen LogP contribution in [-0.4, -0.2) is 27.0 Å². The van der Waals surface area contributed by atoms with Gasteiger partial charge in [0.25, 0.3) is 0 Å². The first-order valence-corrected chi connectivity index (χ1v) is 15.7. The van der Waals surface area contributed by atoms with Crippen LogP contribution in [0, 0.1) is 5.41 Å². The van der Waals surface area contributed by atoms with Gasteiger partial charge < -0.3 is 15.3 Å². The van der Waals surface area contributed by atoms with E-state index in [1.54, 1.807) is 12.1 Å². The molecule has 0 bridgehead atoms. The first-order chi connectivity index (χ1) is 18.2. The van der Waals surface area contributed by atoms with Crippen LogP contribution in [-0.2, 0) is 10.2 Å². The van der Waals surface area contributed by atoms with Gasteiger partial charge in [-0.2, -0.15) is 0 Å². The average molecular weight is 541 g/mol. The normalized spacial score (nSPS) is 20.6. The lowest BCUT2D eigenvalue weighted by Crippen LogP contribution is -2.36. The minimum Gasteiger partial charge on any atom is -0.508 e. The van der Waals surface area contributed by atoms with E-state index >= 15 is 0 Å². The number of rotatable bonds is 16. The first kappa shape index (κ1) is 30.4. The molecule has 0 radical (unpaired) electrons. The third-order valence-corrected chi connectivity index (χ3v) is 10.2. The maximum atomic E-state index is 11.9. The molecule has 5 heteroatoms. The Bertz CT molecular complexity index is 1020. The Labute approximate surface area is 234 Å². The number of benzene rings is 2. The maximum absolute atomic E-state index is 11.9. The van der Waals surface area contributed by atoms with Crippen molar-refractivity contribution in [2.45, 2.75) is 120 Å². The molecule has 0 saturated heterocycles. The summed E-state index contributed by atoms with van der Waals surface area (Å²) in [5, 5.41) is 29.6. The standard InChI is InChI=1S/C33H48O4S/c1-4-5-6-12-21-32(2,31(36)37)22-13-10-8-7-9-11-14-29-28-20-19-27(35)23-30(28)38-24-33(29,3)25-15-17-26(34)18-16-25/h15-20,23,29,34-35H,4-14,21-22,24H2,1-3H3,(H,36,37). The molecule has 0 saturated carbocycles. The summed E-state index contributed by atoms with van der Waals surface area (Å²) in [7, 11) is 0. The van der Waals surface area contributed by atoms with Crippen molar-refractivity contribution in [1.82, 2.24) is 0 Å². The number of carboxylic acid groups (broad SMARTS) is 1. The molecule has 0 aliphatic carbocycles. The van der Waals surface area contributed by atoms with E-state index in [0.717, 1.165) is 63.5 Å². The van der Waals surface area contributed by atoms with Crippen molar-refractivity contribution in [2.24, 2.45) is 5.41 Å². The molecule has 38 heavy (non-hydrogen) atoms. The average Bonchev–Trinajstić information content (AvgIpc) is 2.89. The third-order valence-electron chi connectivity index (χ3n) is 8.77. The zero-order chi connectivity index (χ0) is 27.6. The first-order valence-electron chi connectivity index (χ1n) is 14.7. The number of phenolic OH excluding ortho intramolecular Hbond substituents is 2. The number of hydrogen-bond donors (Lipinski definition) is 3. The highest BCUT2D eigenvalue weighted by atomic mass is 32.2. The number of carbonyl (C=O) groups is 1. The molecule has 0 fully saturated rings. The lowest BCUT2D eigenvalue weighted by atomic mass is 9.68. The van der Waals surface area contributed by atoms with Crippen LogP contribution in [0.4, 0.5) is 0 Å². The Morgan fingerprint density at radius 1 is 0.895 bits per heavy atom. The molecule has 3 atom stereocenters. The van der Waals surface area contributed by atoms with Crippen molar-refractivity contribution >= 4 is 17.7 Å². The van der Waals surface area contributed by atoms with Gasteiger partial charge in [0.1, 0.15) is 11.5 Å². The van der Waals surface area contributed by atoms with Gasteiger partial charge in [0.2, 0.25) is 0 Å². The van der Waals surface area contributed by atoms with Gasteiger partial charge in [-0.3, -0.25) is 4.79 Å². The monoisotopic (exact) mass is 540 g/mol. The van der Waals surface area contributed by atoms with E-state index in [9.17, 15) is 20.1 Å². The fourth-order valence-corrected chi connectivity index (χ4v) is 7.46. The fraction of sp³-hybridized carbons (Fsp3) is 0.606. The molecule has 1 heterocycles. The van der Waals surface area contributed by atoms with Gasteiger partial charge in [-0.1, -0.05) is 96.3 Å². The van der Waals surface area contributed by atoms with Crippen LogP contribution >= 0.6 is 11.8 Å². The number of unbranched alkanes of at least 4 members (excludes halogenated alkanes) is 8. The van der Waals surface area contributed by atoms with Crippen LogP contribution in [0.3, 0.4) is 0 Å². The quantitative estimate of drug-likeness (QED) is 0.185. The Hall–Kier alpha value is -2.14. The molecule has 3 unspecified atom stereocenters. The third kappa shape index (κ3) is 7.94. The number of aliphatic carboxylic acids is 1. The predicted octanol–water partition coefficient (Wildman–Crippen LogP) is 9.43. The SMILES string of the molecule is CCCCCCC(C)(CCCCCCCCC1c2ccc(O)cc2SCC1(C)c1ccc(O)cc1)C(=O)O. The van der Waals surface area contributed by atoms with E-state index in [1.165, 1.54) is 41.7 Å². The minimum atomic E-state index is -0.634. The Morgan fingerprint density at radius 2 is 1.47 bits per heavy atom. The summed E-state index contributed by atoms with van der Waals surface area (Å²) in [6, 6.07) is 13.5. The van der Waals surface area contributed by atoms with Gasteiger partial charge in [-0.15, -0.1) is 11.8 Å². The van der Waals surface area contributed by atoms with Crippen LogP contribution in [0.2, 0.25) is 0 Å². The van der Waals surface area contributed by atoms with Gasteiger partial charge in [0.05, 0.1) is 5.41 Å². The zero-order valence-corrected chi connectivity index (χ0v) is 24.5. The van der Waals surface area contributed by atoms with E-state index < -0.39 is 11.4 Å². The van der Waals surface area contributed by atoms with Gasteiger partial charge in [0, 0.05) is 16.1 Å². The molecule has 0 amide bonds. The minimum absolute atomic E-state index is 0.0409. The number of carboxylic acids is 1. The number of fused-ring (bicyclic) bond motifs is 1. The summed E-state index contributed by atoms with van der Waals surface area (Å²) >= 11 is 1.81. The number of hydrogen-bond acceptors (Lipinski definition) is 4. The van der Waals surface area contributed by atoms with Crippen LogP contribution in [0.5, 0.6) is 11.5 Å². The number of aromatic hydroxyl groups is 2. The van der Waals surface area contributed by atoms with Gasteiger partial charge in [-0.25, -0.2) is 0 Å². The van der Waals surface area contributed by atoms with Crippen molar-refractivity contribution in [3.8, 4) is 11.5 Å². The molecule has 0 aromatic heterocycles. The molecule has 2 aromatic rings. The second-order valence-corrected chi connectivity index (χ2v) is 12.9. The summed E-state index contributed by atoms with van der Waals surface area (Å²) in [4.78, 5) is 13.1. The molecular weight excluding hydrogens is 492 g/mol. The second-order valence-electron chi connectivity index (χ2n) is 11.9. The molecule has 3 rings (SSSR count). The Kier molecular flexibility index (Phi) is 11.4. The smallest absolute Gasteiger partial charge is 0.309 e. The summed E-state index contributed by atoms with van der Waals surface area (Å²) < 4.78 is 0. The molecule has 4 nitrogen and oxygen atoms in total. The summed E-state index contributed by atoms with van der Waals surface area (Å²) in [6.07, 6.45) is 13.9. The second kappa shape index (κ2) is 14.3. The lowest BCUT2D eigenvalue weighted by Gasteiger charge is -2.43. The molecule has 3 N–H and O–H groups in total. The van der Waals surface area contributed by atoms with Gasteiger partial charge in [-0.05, 0) is 67.5 Å². The van der Waals surface area contributed by atoms with Crippen molar-refractivity contribution in [2.75, 3.05) is 5.75 Å². The van der Waals surface area contributed by atoms with E-state index in [4.69, 9.17) is 0 Å². The van der Waals surface area contributed by atoms with Crippen molar-refractivity contribution < 1.29 is 20.1 Å². The summed E-state index contributed by atoms with van der Waals surface area (Å²) in [5.74, 6) is 1.28. The highest BCUT2D eigenvalue weighted by Gasteiger charge is 2.41. The molecule has 0 spiro atoms. The predicted molar refractivity (Wildman–Crippen MR) is 158 cm³/mol. The molecule has 1 aliphatic heterocycles. The van der Waals surface area contributed by atoms with Gasteiger partial charge in [0.15, 0.2) is 0 Å². The highest BCUT2D eigenvalue weighted by molar-refractivity contribution is 7.99. The maximum Gasteiger partial charge on any atom is 0.309 e. The largest absolute Gasteiger partial charge is 0.508 e. The lowest BCUT2D eigenvalue weighted by molar-refractivity contribution is -0.149. The molecule has 2 aromatic carbocycles. The van der Waals surface area contributed by atoms with Crippen LogP contribution < -0.4 is 0 Å². The van der Waals surface area contributed by atoms with Crippen molar-refractivity contribution in [3.63, 3.8) is 0 Å². The van der Waals surface area contributed by atoms with E-state index in [2.05, 4.69) is 32.0 Å². The Morgan fingerprint density at radius 3 is 2.11 bits per heavy atom. The van der Waals surface area contributed by atoms with Crippen molar-refractivity contribution in [1.29, 1.82) is 0 Å². The van der Waals surface area contributed by atoms with Gasteiger partial charge >= 0.3 is 5.97 Å². The molecule has 1 aliphatic rings. The number of phenols is 2. The topological polar surface area (TPSA) is 77.8 Å². The zero-order valence-electron chi connectivity index (χ0n) is 23.7. The van der Waals surface area contributed by atoms with Crippen molar-refractivity contribution in [3.05, 3.63) is 53.6 Å². The van der Waals surface area contributed by atoms with E-state index in [-0.39, 0.29) is 5.41 Å². The molecular formula is C33H48O4S. The summed E-state index contributed by atoms with van der Waals surface area (Å²) in [6.45, 7) is 6.46. The summed E-state index contributed by atoms with van der Waals surface area (Å²) in [5.41, 5.74) is 1.96. The Balaban J connectivity index is 1.50. The van der Waals surface area contributed by atoms with E-state index in [0.29, 0.717) is 17.4 Å². The highest BCUT2D eigenvalue weighted by Crippen LogP contribution is 2.52. The van der Waals surface area contributed by atoms with Crippen LogP contribution in [0.25, 0.3) is 0 Å². The molecule has 210 valence electrons.